The van der Waals surface area contributed by atoms with Crippen molar-refractivity contribution in [2.24, 2.45) is 0 Å². The predicted molar refractivity (Wildman–Crippen MR) is 65.8 cm³/mol. The zero-order valence-corrected chi connectivity index (χ0v) is 9.86. The van der Waals surface area contributed by atoms with Crippen molar-refractivity contribution < 1.29 is 9.90 Å². The molecule has 0 amide bonds. The Labute approximate surface area is 96.5 Å². The average Bonchev–Trinajstić information content (AvgIpc) is 2.27. The minimum Gasteiger partial charge on any atom is -0.480 e. The molecule has 0 saturated heterocycles. The number of rotatable bonds is 6. The molecule has 0 heterocycles. The van der Waals surface area contributed by atoms with Crippen LogP contribution >= 0.6 is 0 Å². The van der Waals surface area contributed by atoms with E-state index in [-0.39, 0.29) is 0 Å². The summed E-state index contributed by atoms with van der Waals surface area (Å²) in [6.07, 6.45) is 2.61. The average molecular weight is 221 g/mol. The van der Waals surface area contributed by atoms with E-state index in [1.165, 1.54) is 5.56 Å². The summed E-state index contributed by atoms with van der Waals surface area (Å²) >= 11 is 0. The van der Waals surface area contributed by atoms with Gasteiger partial charge in [-0.1, -0.05) is 38.5 Å². The van der Waals surface area contributed by atoms with Crippen LogP contribution in [0.4, 0.5) is 5.69 Å². The quantitative estimate of drug-likeness (QED) is 0.776. The highest BCUT2D eigenvalue weighted by molar-refractivity contribution is 5.77. The van der Waals surface area contributed by atoms with Gasteiger partial charge >= 0.3 is 5.97 Å². The van der Waals surface area contributed by atoms with Gasteiger partial charge in [0.25, 0.3) is 0 Å². The van der Waals surface area contributed by atoms with E-state index in [9.17, 15) is 4.79 Å². The van der Waals surface area contributed by atoms with E-state index in [4.69, 9.17) is 5.11 Å². The van der Waals surface area contributed by atoms with Crippen LogP contribution < -0.4 is 5.32 Å². The van der Waals surface area contributed by atoms with Crippen molar-refractivity contribution in [3.63, 3.8) is 0 Å². The molecule has 1 unspecified atom stereocenters. The summed E-state index contributed by atoms with van der Waals surface area (Å²) < 4.78 is 0. The van der Waals surface area contributed by atoms with Crippen molar-refractivity contribution in [1.82, 2.24) is 0 Å². The second-order valence-corrected chi connectivity index (χ2v) is 3.85. The minimum absolute atomic E-state index is 0.502. The monoisotopic (exact) mass is 221 g/mol. The number of carboxylic acids is 1. The van der Waals surface area contributed by atoms with Gasteiger partial charge in [-0.3, -0.25) is 0 Å². The molecule has 2 N–H and O–H groups in total. The van der Waals surface area contributed by atoms with Gasteiger partial charge in [0.05, 0.1) is 0 Å². The molecule has 1 rings (SSSR count). The van der Waals surface area contributed by atoms with E-state index in [1.807, 2.05) is 31.2 Å². The Morgan fingerprint density at radius 2 is 2.06 bits per heavy atom. The molecule has 3 nitrogen and oxygen atoms in total. The number of aryl methyl sites for hydroxylation is 1. The number of para-hydroxylation sites is 1. The molecule has 16 heavy (non-hydrogen) atoms. The molecule has 88 valence electrons. The van der Waals surface area contributed by atoms with Crippen LogP contribution in [0.25, 0.3) is 0 Å². The third-order valence-corrected chi connectivity index (χ3v) is 2.57. The summed E-state index contributed by atoms with van der Waals surface area (Å²) in [5.41, 5.74) is 2.13. The van der Waals surface area contributed by atoms with Crippen molar-refractivity contribution >= 4 is 11.7 Å². The lowest BCUT2D eigenvalue weighted by atomic mass is 10.1. The molecule has 0 aromatic heterocycles. The Morgan fingerprint density at radius 3 is 2.62 bits per heavy atom. The predicted octanol–water partition coefficient (Wildman–Crippen LogP) is 2.91. The molecule has 0 saturated carbocycles. The lowest BCUT2D eigenvalue weighted by molar-refractivity contribution is -0.137. The lowest BCUT2D eigenvalue weighted by Crippen LogP contribution is -2.28. The maximum atomic E-state index is 10.9. The van der Waals surface area contributed by atoms with Gasteiger partial charge in [0.15, 0.2) is 0 Å². The molecule has 3 heteroatoms. The molecule has 0 radical (unpaired) electrons. The Bertz CT molecular complexity index is 350. The maximum Gasteiger partial charge on any atom is 0.326 e. The summed E-state index contributed by atoms with van der Waals surface area (Å²) in [6.45, 7) is 3.99. The maximum absolute atomic E-state index is 10.9. The van der Waals surface area contributed by atoms with E-state index < -0.39 is 12.0 Å². The van der Waals surface area contributed by atoms with Crippen molar-refractivity contribution in [2.45, 2.75) is 39.2 Å². The topological polar surface area (TPSA) is 49.3 Å². The molecule has 0 spiro atoms. The number of carbonyl (C=O) groups is 1. The number of hydrogen-bond donors (Lipinski definition) is 2. The fraction of sp³-hybridized carbons (Fsp3) is 0.462. The largest absolute Gasteiger partial charge is 0.480 e. The van der Waals surface area contributed by atoms with Crippen LogP contribution in [0.1, 0.15) is 32.3 Å². The Hall–Kier alpha value is -1.51. The first-order valence-corrected chi connectivity index (χ1v) is 5.76. The third-order valence-electron chi connectivity index (χ3n) is 2.57. The van der Waals surface area contributed by atoms with Crippen LogP contribution in [0.2, 0.25) is 0 Å². The fourth-order valence-electron chi connectivity index (χ4n) is 1.67. The number of anilines is 1. The van der Waals surface area contributed by atoms with Gasteiger partial charge in [-0.15, -0.1) is 0 Å². The van der Waals surface area contributed by atoms with Gasteiger partial charge in [0, 0.05) is 5.69 Å². The third kappa shape index (κ3) is 3.26. The highest BCUT2D eigenvalue weighted by Gasteiger charge is 2.15. The number of benzene rings is 1. The van der Waals surface area contributed by atoms with Crippen molar-refractivity contribution in [3.05, 3.63) is 29.8 Å². The number of carboxylic acid groups (broad SMARTS) is 1. The summed E-state index contributed by atoms with van der Waals surface area (Å²) in [7, 11) is 0. The highest BCUT2D eigenvalue weighted by Crippen LogP contribution is 2.18. The highest BCUT2D eigenvalue weighted by atomic mass is 16.4. The molecular weight excluding hydrogens is 202 g/mol. The second kappa shape index (κ2) is 6.16. The minimum atomic E-state index is -0.797. The normalized spacial score (nSPS) is 12.1. The zero-order chi connectivity index (χ0) is 12.0. The summed E-state index contributed by atoms with van der Waals surface area (Å²) in [4.78, 5) is 10.9. The van der Waals surface area contributed by atoms with Crippen LogP contribution in [0, 0.1) is 0 Å². The molecule has 0 aliphatic heterocycles. The van der Waals surface area contributed by atoms with E-state index >= 15 is 0 Å². The Balaban J connectivity index is 2.82. The van der Waals surface area contributed by atoms with Gasteiger partial charge in [-0.25, -0.2) is 4.79 Å². The van der Waals surface area contributed by atoms with Crippen LogP contribution in [0.3, 0.4) is 0 Å². The molecule has 0 bridgehead atoms. The number of hydrogen-bond acceptors (Lipinski definition) is 2. The van der Waals surface area contributed by atoms with Gasteiger partial charge < -0.3 is 10.4 Å². The van der Waals surface area contributed by atoms with Gasteiger partial charge in [-0.05, 0) is 24.5 Å². The standard InChI is InChI=1S/C13H19NO2/c1-3-7-10-8-5-6-9-12(10)14-11(4-2)13(15)16/h5-6,8-9,11,14H,3-4,7H2,1-2H3,(H,15,16). The zero-order valence-electron chi connectivity index (χ0n) is 9.86. The van der Waals surface area contributed by atoms with Crippen LogP contribution in [-0.4, -0.2) is 17.1 Å². The molecule has 1 atom stereocenters. The van der Waals surface area contributed by atoms with E-state index in [0.717, 1.165) is 18.5 Å². The van der Waals surface area contributed by atoms with Gasteiger partial charge in [-0.2, -0.15) is 0 Å². The Morgan fingerprint density at radius 1 is 1.38 bits per heavy atom. The Kier molecular flexibility index (Phi) is 4.83. The molecular formula is C13H19NO2. The van der Waals surface area contributed by atoms with Gasteiger partial charge in [0.1, 0.15) is 6.04 Å². The van der Waals surface area contributed by atoms with Gasteiger partial charge in [0.2, 0.25) is 0 Å². The van der Waals surface area contributed by atoms with Crippen molar-refractivity contribution in [3.8, 4) is 0 Å². The molecule has 0 aliphatic carbocycles. The molecule has 1 aromatic carbocycles. The van der Waals surface area contributed by atoms with E-state index in [0.29, 0.717) is 6.42 Å². The van der Waals surface area contributed by atoms with Crippen molar-refractivity contribution in [2.75, 3.05) is 5.32 Å². The SMILES string of the molecule is CCCc1ccccc1NC(CC)C(=O)O. The summed E-state index contributed by atoms with van der Waals surface area (Å²) in [5, 5.41) is 12.1. The lowest BCUT2D eigenvalue weighted by Gasteiger charge is -2.16. The van der Waals surface area contributed by atoms with Crippen LogP contribution in [0.5, 0.6) is 0 Å². The van der Waals surface area contributed by atoms with Crippen LogP contribution in [-0.2, 0) is 11.2 Å². The first kappa shape index (κ1) is 12.6. The molecule has 0 fully saturated rings. The fourth-order valence-corrected chi connectivity index (χ4v) is 1.67. The van der Waals surface area contributed by atoms with Crippen LogP contribution in [0.15, 0.2) is 24.3 Å². The summed E-state index contributed by atoms with van der Waals surface area (Å²) in [6, 6.07) is 7.39. The number of nitrogens with one attached hydrogen (secondary N) is 1. The first-order chi connectivity index (χ1) is 7.69. The van der Waals surface area contributed by atoms with Crippen molar-refractivity contribution in [1.29, 1.82) is 0 Å². The van der Waals surface area contributed by atoms with E-state index in [1.54, 1.807) is 0 Å². The first-order valence-electron chi connectivity index (χ1n) is 5.76. The van der Waals surface area contributed by atoms with E-state index in [2.05, 4.69) is 12.2 Å². The summed E-state index contributed by atoms with van der Waals surface area (Å²) in [5.74, 6) is -0.797. The molecule has 0 aliphatic rings. The smallest absolute Gasteiger partial charge is 0.326 e. The second-order valence-electron chi connectivity index (χ2n) is 3.85. The number of aliphatic carboxylic acids is 1. The molecule has 1 aromatic rings.